The Balaban J connectivity index is 1.42. The lowest BCUT2D eigenvalue weighted by atomic mass is 10.1. The Hall–Kier alpha value is -3.55. The average Bonchev–Trinajstić information content (AvgIpc) is 3.43. The van der Waals surface area contributed by atoms with Crippen molar-refractivity contribution in [1.29, 1.82) is 5.26 Å². The van der Waals surface area contributed by atoms with Crippen molar-refractivity contribution in [2.45, 2.75) is 38.4 Å². The first-order chi connectivity index (χ1) is 15.4. The number of anilines is 2. The quantitative estimate of drug-likeness (QED) is 0.737. The molecule has 0 radical (unpaired) electrons. The first-order valence-electron chi connectivity index (χ1n) is 10.3. The summed E-state index contributed by atoms with van der Waals surface area (Å²) in [5.74, 6) is -4.68. The number of rotatable bonds is 3. The number of carbonyl (C=O) groups is 2. The molecule has 5 rings (SSSR count). The van der Waals surface area contributed by atoms with Gasteiger partial charge in [0.1, 0.15) is 0 Å². The highest BCUT2D eigenvalue weighted by molar-refractivity contribution is 5.96. The van der Waals surface area contributed by atoms with E-state index in [1.807, 2.05) is 0 Å². The zero-order chi connectivity index (χ0) is 22.6. The van der Waals surface area contributed by atoms with Crippen molar-refractivity contribution in [2.24, 2.45) is 11.8 Å². The molecule has 1 saturated carbocycles. The molecule has 0 spiro atoms. The fourth-order valence-electron chi connectivity index (χ4n) is 4.46. The largest absolute Gasteiger partial charge is 0.322 e. The van der Waals surface area contributed by atoms with Crippen LogP contribution < -0.4 is 10.2 Å². The third-order valence-electron chi connectivity index (χ3n) is 6.27. The van der Waals surface area contributed by atoms with Crippen LogP contribution in [0.2, 0.25) is 0 Å². The maximum atomic E-state index is 13.6. The molecule has 1 aliphatic carbocycles. The van der Waals surface area contributed by atoms with Gasteiger partial charge in [-0.15, -0.1) is 0 Å². The van der Waals surface area contributed by atoms with Crippen molar-refractivity contribution in [3.05, 3.63) is 41.5 Å². The van der Waals surface area contributed by atoms with Gasteiger partial charge in [-0.1, -0.05) is 0 Å². The summed E-state index contributed by atoms with van der Waals surface area (Å²) in [5.41, 5.74) is 1.02. The predicted molar refractivity (Wildman–Crippen MR) is 106 cm³/mol. The molecule has 1 N–H and O–H groups in total. The molecule has 3 heterocycles. The van der Waals surface area contributed by atoms with Crippen LogP contribution in [-0.4, -0.2) is 39.2 Å². The number of nitrogens with zero attached hydrogens (tertiary/aromatic N) is 5. The van der Waals surface area contributed by atoms with Crippen molar-refractivity contribution >= 4 is 23.3 Å². The second-order valence-electron chi connectivity index (χ2n) is 8.41. The lowest BCUT2D eigenvalue weighted by Crippen LogP contribution is -2.49. The maximum Gasteiger partial charge on any atom is 0.322 e. The Morgan fingerprint density at radius 1 is 1.19 bits per heavy atom. The van der Waals surface area contributed by atoms with Crippen LogP contribution in [0.1, 0.15) is 25.0 Å². The molecule has 2 fully saturated rings. The van der Waals surface area contributed by atoms with Crippen LogP contribution in [-0.2, 0) is 17.9 Å². The smallest absolute Gasteiger partial charge is 0.313 e. The van der Waals surface area contributed by atoms with Crippen LogP contribution in [0.3, 0.4) is 0 Å². The van der Waals surface area contributed by atoms with Crippen molar-refractivity contribution in [2.75, 3.05) is 16.8 Å². The van der Waals surface area contributed by atoms with Gasteiger partial charge >= 0.3 is 6.03 Å². The van der Waals surface area contributed by atoms with E-state index in [1.54, 1.807) is 15.8 Å². The number of nitrogens with one attached hydrogen (secondary N) is 1. The summed E-state index contributed by atoms with van der Waals surface area (Å²) in [5, 5.41) is 16.0. The van der Waals surface area contributed by atoms with Crippen molar-refractivity contribution in [3.63, 3.8) is 0 Å². The van der Waals surface area contributed by atoms with Gasteiger partial charge in [-0.05, 0) is 18.8 Å². The molecular formula is C21H19F3N6O2. The summed E-state index contributed by atoms with van der Waals surface area (Å²) >= 11 is 0. The van der Waals surface area contributed by atoms with Gasteiger partial charge in [-0.2, -0.15) is 10.4 Å². The molecule has 8 nitrogen and oxygen atoms in total. The van der Waals surface area contributed by atoms with Gasteiger partial charge < -0.3 is 15.1 Å². The zero-order valence-corrected chi connectivity index (χ0v) is 16.9. The molecule has 32 heavy (non-hydrogen) atoms. The summed E-state index contributed by atoms with van der Waals surface area (Å²) in [6.45, 7) is 0.819. The van der Waals surface area contributed by atoms with Gasteiger partial charge in [0.25, 0.3) is 0 Å². The number of halogens is 3. The maximum absolute atomic E-state index is 13.6. The number of carbonyl (C=O) groups excluding carboxylic acids is 2. The zero-order valence-electron chi connectivity index (χ0n) is 16.9. The molecule has 2 aliphatic heterocycles. The van der Waals surface area contributed by atoms with E-state index in [0.29, 0.717) is 17.9 Å². The Morgan fingerprint density at radius 3 is 2.53 bits per heavy atom. The van der Waals surface area contributed by atoms with E-state index in [2.05, 4.69) is 16.5 Å². The van der Waals surface area contributed by atoms with Crippen molar-refractivity contribution in [3.8, 4) is 6.07 Å². The summed E-state index contributed by atoms with van der Waals surface area (Å²) in [6, 6.07) is 2.82. The summed E-state index contributed by atoms with van der Waals surface area (Å²) in [6.07, 6.45) is 3.61. The first-order valence-corrected chi connectivity index (χ1v) is 10.3. The van der Waals surface area contributed by atoms with Crippen molar-refractivity contribution < 1.29 is 22.8 Å². The number of hydrogen-bond acceptors (Lipinski definition) is 4. The molecule has 3 aliphatic rings. The van der Waals surface area contributed by atoms with E-state index in [9.17, 15) is 22.8 Å². The monoisotopic (exact) mass is 444 g/mol. The highest BCUT2D eigenvalue weighted by Crippen LogP contribution is 2.40. The number of fused-ring (bicyclic) bond motifs is 1. The first kappa shape index (κ1) is 20.4. The fourth-order valence-corrected chi connectivity index (χ4v) is 4.46. The highest BCUT2D eigenvalue weighted by Gasteiger charge is 2.43. The van der Waals surface area contributed by atoms with Crippen LogP contribution in [0.15, 0.2) is 18.3 Å². The van der Waals surface area contributed by atoms with E-state index >= 15 is 0 Å². The number of benzene rings is 1. The number of hydrogen-bond donors (Lipinski definition) is 1. The highest BCUT2D eigenvalue weighted by atomic mass is 19.2. The SMILES string of the molecule is N#C[C@@H]1CC(=O)N(c2cnn3c2CN(C(=O)Nc2cc(F)c(F)c(F)c2)[C@H](C2CC2)C3)C1. The molecule has 2 atom stereocenters. The molecule has 0 bridgehead atoms. The Morgan fingerprint density at radius 2 is 1.91 bits per heavy atom. The predicted octanol–water partition coefficient (Wildman–Crippen LogP) is 3.00. The minimum absolute atomic E-state index is 0.134. The van der Waals surface area contributed by atoms with E-state index in [0.717, 1.165) is 25.0 Å². The molecule has 0 unspecified atom stereocenters. The summed E-state index contributed by atoms with van der Waals surface area (Å²) in [4.78, 5) is 28.6. The Labute approximate surface area is 181 Å². The third kappa shape index (κ3) is 3.45. The normalized spacial score (nSPS) is 22.6. The summed E-state index contributed by atoms with van der Waals surface area (Å²) in [7, 11) is 0. The number of nitriles is 1. The Kier molecular flexibility index (Phi) is 4.80. The topological polar surface area (TPSA) is 94.3 Å². The van der Waals surface area contributed by atoms with E-state index in [1.165, 1.54) is 4.90 Å². The van der Waals surface area contributed by atoms with Crippen LogP contribution >= 0.6 is 0 Å². The van der Waals surface area contributed by atoms with E-state index in [-0.39, 0.29) is 43.1 Å². The van der Waals surface area contributed by atoms with Gasteiger partial charge in [0, 0.05) is 30.8 Å². The summed E-state index contributed by atoms with van der Waals surface area (Å²) < 4.78 is 42.2. The number of urea groups is 1. The van der Waals surface area contributed by atoms with E-state index in [4.69, 9.17) is 5.26 Å². The molecule has 1 saturated heterocycles. The van der Waals surface area contributed by atoms with Crippen LogP contribution in [0.5, 0.6) is 0 Å². The van der Waals surface area contributed by atoms with Gasteiger partial charge in [0.15, 0.2) is 17.5 Å². The lowest BCUT2D eigenvalue weighted by molar-refractivity contribution is -0.117. The Bertz CT molecular complexity index is 1130. The fraction of sp³-hybridized carbons (Fsp3) is 0.429. The van der Waals surface area contributed by atoms with Gasteiger partial charge in [-0.3, -0.25) is 9.48 Å². The second-order valence-corrected chi connectivity index (χ2v) is 8.41. The van der Waals surface area contributed by atoms with E-state index < -0.39 is 29.4 Å². The molecule has 1 aromatic heterocycles. The van der Waals surface area contributed by atoms with Crippen LogP contribution in [0.4, 0.5) is 29.3 Å². The minimum atomic E-state index is -1.60. The standard InChI is InChI=1S/C21H19F3N6O2/c22-14-4-13(5-15(23)20(14)24)27-21(32)29-9-18-16(28-8-11(6-25)3-19(28)31)7-26-30(18)10-17(29)12-1-2-12/h4-5,7,11-12,17H,1-3,8-10H2,(H,27,32)/t11-,17-/m0/s1. The molecule has 11 heteroatoms. The third-order valence-corrected chi connectivity index (χ3v) is 6.27. The average molecular weight is 444 g/mol. The van der Waals surface area contributed by atoms with Gasteiger partial charge in [-0.25, -0.2) is 18.0 Å². The number of aromatic nitrogens is 2. The van der Waals surface area contributed by atoms with Crippen molar-refractivity contribution in [1.82, 2.24) is 14.7 Å². The molecule has 166 valence electrons. The van der Waals surface area contributed by atoms with Crippen LogP contribution in [0, 0.1) is 40.6 Å². The molecular weight excluding hydrogens is 425 g/mol. The lowest BCUT2D eigenvalue weighted by Gasteiger charge is -2.37. The van der Waals surface area contributed by atoms with Crippen LogP contribution in [0.25, 0.3) is 0 Å². The minimum Gasteiger partial charge on any atom is -0.313 e. The molecule has 2 aromatic rings. The van der Waals surface area contributed by atoms with Gasteiger partial charge in [0.2, 0.25) is 5.91 Å². The molecule has 3 amide bonds. The molecule has 1 aromatic carbocycles. The van der Waals surface area contributed by atoms with Gasteiger partial charge in [0.05, 0.1) is 48.7 Å². The second kappa shape index (κ2) is 7.55. The number of amides is 3.